The lowest BCUT2D eigenvalue weighted by Gasteiger charge is -2.32. The minimum Gasteiger partial charge on any atom is -0.461 e. The van der Waals surface area contributed by atoms with E-state index >= 15 is 0 Å². The number of benzene rings is 1. The number of anilines is 1. The lowest BCUT2D eigenvalue weighted by molar-refractivity contribution is -0.0246. The van der Waals surface area contributed by atoms with E-state index in [-0.39, 0.29) is 12.0 Å². The lowest BCUT2D eigenvalue weighted by atomic mass is 10.1. The molecule has 1 aliphatic rings. The van der Waals surface area contributed by atoms with Gasteiger partial charge in [-0.1, -0.05) is 6.07 Å². The number of amides is 1. The summed E-state index contributed by atoms with van der Waals surface area (Å²) in [4.78, 5) is 19.0. The molecule has 1 aliphatic heterocycles. The minimum absolute atomic E-state index is 0.0158. The maximum atomic E-state index is 12.9. The van der Waals surface area contributed by atoms with E-state index in [4.69, 9.17) is 14.9 Å². The highest BCUT2D eigenvalue weighted by atomic mass is 16.5. The summed E-state index contributed by atoms with van der Waals surface area (Å²) in [5.74, 6) is 1.27. The van der Waals surface area contributed by atoms with Gasteiger partial charge in [-0.25, -0.2) is 4.98 Å². The van der Waals surface area contributed by atoms with Crippen molar-refractivity contribution < 1.29 is 13.9 Å². The molecule has 1 amide bonds. The number of nitrogens with zero attached hydrogens (tertiary/aromatic N) is 2. The zero-order chi connectivity index (χ0) is 17.4. The molecule has 3 heterocycles. The third kappa shape index (κ3) is 3.08. The van der Waals surface area contributed by atoms with Crippen LogP contribution in [0.4, 0.5) is 5.82 Å². The van der Waals surface area contributed by atoms with Gasteiger partial charge in [0.05, 0.1) is 18.8 Å². The molecule has 0 radical (unpaired) electrons. The Labute approximate surface area is 145 Å². The van der Waals surface area contributed by atoms with Crippen LogP contribution in [0.25, 0.3) is 11.0 Å². The summed E-state index contributed by atoms with van der Waals surface area (Å²) in [5.41, 5.74) is 7.94. The molecule has 0 unspecified atom stereocenters. The number of pyridine rings is 1. The Morgan fingerprint density at radius 3 is 3.00 bits per heavy atom. The quantitative estimate of drug-likeness (QED) is 0.777. The molecule has 2 N–H and O–H groups in total. The van der Waals surface area contributed by atoms with E-state index in [2.05, 4.69) is 4.98 Å². The summed E-state index contributed by atoms with van der Waals surface area (Å²) in [5, 5.41) is 0.936. The monoisotopic (exact) mass is 337 g/mol. The highest BCUT2D eigenvalue weighted by molar-refractivity contribution is 5.98. The van der Waals surface area contributed by atoms with Crippen molar-refractivity contribution in [2.24, 2.45) is 0 Å². The molecular formula is C19H19N3O3. The molecule has 1 atom stereocenters. The third-order valence-electron chi connectivity index (χ3n) is 4.36. The number of nitrogens with two attached hydrogens (primary N) is 1. The van der Waals surface area contributed by atoms with Gasteiger partial charge < -0.3 is 19.8 Å². The number of fused-ring (bicyclic) bond motifs is 1. The second-order valence-electron chi connectivity index (χ2n) is 6.21. The normalized spacial score (nSPS) is 17.8. The average molecular weight is 337 g/mol. The highest BCUT2D eigenvalue weighted by Crippen LogP contribution is 2.24. The van der Waals surface area contributed by atoms with Crippen molar-refractivity contribution in [2.45, 2.75) is 13.0 Å². The zero-order valence-corrected chi connectivity index (χ0v) is 13.9. The second kappa shape index (κ2) is 6.22. The fraction of sp³-hybridized carbons (Fsp3) is 0.263. The zero-order valence-electron chi connectivity index (χ0n) is 13.9. The predicted molar refractivity (Wildman–Crippen MR) is 94.2 cm³/mol. The topological polar surface area (TPSA) is 81.6 Å². The molecule has 25 heavy (non-hydrogen) atoms. The first-order valence-corrected chi connectivity index (χ1v) is 8.24. The first-order chi connectivity index (χ1) is 12.1. The number of aryl methyl sites for hydroxylation is 1. The number of hydrogen-bond acceptors (Lipinski definition) is 5. The number of ether oxygens (including phenoxy) is 1. The van der Waals surface area contributed by atoms with Crippen LogP contribution in [0.3, 0.4) is 0 Å². The van der Waals surface area contributed by atoms with Crippen molar-refractivity contribution in [3.8, 4) is 0 Å². The molecule has 1 saturated heterocycles. The van der Waals surface area contributed by atoms with Crippen LogP contribution in [0.1, 0.15) is 27.9 Å². The van der Waals surface area contributed by atoms with Crippen LogP contribution in [0.15, 0.2) is 46.9 Å². The molecular weight excluding hydrogens is 318 g/mol. The van der Waals surface area contributed by atoms with Gasteiger partial charge in [-0.05, 0) is 43.3 Å². The summed E-state index contributed by atoms with van der Waals surface area (Å²) < 4.78 is 11.4. The van der Waals surface area contributed by atoms with Crippen molar-refractivity contribution in [3.63, 3.8) is 0 Å². The van der Waals surface area contributed by atoms with Crippen LogP contribution in [0.2, 0.25) is 0 Å². The van der Waals surface area contributed by atoms with Crippen LogP contribution in [-0.4, -0.2) is 35.5 Å². The Balaban J connectivity index is 1.56. The van der Waals surface area contributed by atoms with Gasteiger partial charge in [-0.3, -0.25) is 4.79 Å². The van der Waals surface area contributed by atoms with E-state index in [0.29, 0.717) is 31.1 Å². The average Bonchev–Trinajstić information content (AvgIpc) is 3.00. The highest BCUT2D eigenvalue weighted by Gasteiger charge is 2.27. The number of morpholine rings is 1. The standard InChI is InChI=1S/C19H19N3O3/c1-12-9-14-10-13(5-6-16(14)25-12)19(23)22-7-8-24-17(11-22)15-3-2-4-18(20)21-15/h2-6,9-10,17H,7-8,11H2,1H3,(H2,20,21)/t17-/m1/s1. The van der Waals surface area contributed by atoms with E-state index in [1.807, 2.05) is 37.3 Å². The van der Waals surface area contributed by atoms with Crippen molar-refractivity contribution in [1.82, 2.24) is 9.88 Å². The number of rotatable bonds is 2. The van der Waals surface area contributed by atoms with E-state index in [1.165, 1.54) is 0 Å². The maximum Gasteiger partial charge on any atom is 0.254 e. The Hall–Kier alpha value is -2.86. The van der Waals surface area contributed by atoms with Crippen molar-refractivity contribution in [3.05, 3.63) is 59.5 Å². The lowest BCUT2D eigenvalue weighted by Crippen LogP contribution is -2.42. The molecule has 1 fully saturated rings. The van der Waals surface area contributed by atoms with Crippen LogP contribution in [-0.2, 0) is 4.74 Å². The van der Waals surface area contributed by atoms with Gasteiger partial charge in [0.1, 0.15) is 23.3 Å². The molecule has 2 aromatic heterocycles. The molecule has 4 rings (SSSR count). The largest absolute Gasteiger partial charge is 0.461 e. The maximum absolute atomic E-state index is 12.9. The van der Waals surface area contributed by atoms with Gasteiger partial charge in [0.15, 0.2) is 0 Å². The third-order valence-corrected chi connectivity index (χ3v) is 4.36. The number of nitrogen functional groups attached to an aromatic ring is 1. The van der Waals surface area contributed by atoms with Gasteiger partial charge in [0, 0.05) is 17.5 Å². The van der Waals surface area contributed by atoms with E-state index in [1.54, 1.807) is 17.0 Å². The molecule has 0 saturated carbocycles. The fourth-order valence-electron chi connectivity index (χ4n) is 3.15. The van der Waals surface area contributed by atoms with Crippen LogP contribution >= 0.6 is 0 Å². The Bertz CT molecular complexity index is 935. The number of carbonyl (C=O) groups is 1. The molecule has 0 bridgehead atoms. The van der Waals surface area contributed by atoms with E-state index in [0.717, 1.165) is 22.4 Å². The van der Waals surface area contributed by atoms with Gasteiger partial charge in [-0.2, -0.15) is 0 Å². The van der Waals surface area contributed by atoms with Gasteiger partial charge in [-0.15, -0.1) is 0 Å². The number of aromatic nitrogens is 1. The predicted octanol–water partition coefficient (Wildman–Crippen LogP) is 2.93. The first kappa shape index (κ1) is 15.7. The molecule has 6 nitrogen and oxygen atoms in total. The van der Waals surface area contributed by atoms with E-state index in [9.17, 15) is 4.79 Å². The first-order valence-electron chi connectivity index (χ1n) is 8.24. The van der Waals surface area contributed by atoms with Crippen molar-refractivity contribution >= 4 is 22.7 Å². The molecule has 0 spiro atoms. The smallest absolute Gasteiger partial charge is 0.254 e. The van der Waals surface area contributed by atoms with Gasteiger partial charge >= 0.3 is 0 Å². The molecule has 1 aromatic carbocycles. The van der Waals surface area contributed by atoms with Gasteiger partial charge in [0.2, 0.25) is 0 Å². The van der Waals surface area contributed by atoms with Gasteiger partial charge in [0.25, 0.3) is 5.91 Å². The Morgan fingerprint density at radius 2 is 2.16 bits per heavy atom. The number of furan rings is 1. The number of hydrogen-bond donors (Lipinski definition) is 1. The Morgan fingerprint density at radius 1 is 1.28 bits per heavy atom. The van der Waals surface area contributed by atoms with E-state index < -0.39 is 0 Å². The summed E-state index contributed by atoms with van der Waals surface area (Å²) >= 11 is 0. The molecule has 128 valence electrons. The van der Waals surface area contributed by atoms with Crippen LogP contribution in [0, 0.1) is 6.92 Å². The van der Waals surface area contributed by atoms with Crippen molar-refractivity contribution in [1.29, 1.82) is 0 Å². The number of carbonyl (C=O) groups excluding carboxylic acids is 1. The minimum atomic E-state index is -0.263. The SMILES string of the molecule is Cc1cc2cc(C(=O)N3CCO[C@@H](c4cccc(N)n4)C3)ccc2o1. The Kier molecular flexibility index (Phi) is 3.89. The summed E-state index contributed by atoms with van der Waals surface area (Å²) in [6.07, 6.45) is -0.263. The molecule has 6 heteroatoms. The molecule has 3 aromatic rings. The summed E-state index contributed by atoms with van der Waals surface area (Å²) in [7, 11) is 0. The van der Waals surface area contributed by atoms with Crippen molar-refractivity contribution in [2.75, 3.05) is 25.4 Å². The van der Waals surface area contributed by atoms with Crippen LogP contribution < -0.4 is 5.73 Å². The second-order valence-corrected chi connectivity index (χ2v) is 6.21. The summed E-state index contributed by atoms with van der Waals surface area (Å²) in [6, 6.07) is 12.9. The molecule has 0 aliphatic carbocycles. The fourth-order valence-corrected chi connectivity index (χ4v) is 3.15. The summed E-state index contributed by atoms with van der Waals surface area (Å²) in [6.45, 7) is 3.38. The van der Waals surface area contributed by atoms with Crippen LogP contribution in [0.5, 0.6) is 0 Å².